The summed E-state index contributed by atoms with van der Waals surface area (Å²) in [5.41, 5.74) is 0. The second-order valence-electron chi connectivity index (χ2n) is 17.6. The Morgan fingerprint density at radius 2 is 0.404 bits per heavy atom. The highest BCUT2D eigenvalue weighted by molar-refractivity contribution is 5.73. The SMILES string of the molecule is O=C(O)CCCCCCCCCCCCCCCCCCCCCC(CC(CCCCCCCCCCCCCCCCCCCCCC(=O)O)C(=O)O)C(=O)O. The minimum Gasteiger partial charge on any atom is -0.481 e. The maximum Gasteiger partial charge on any atom is 0.306 e. The lowest BCUT2D eigenvalue weighted by Gasteiger charge is -2.18. The van der Waals surface area contributed by atoms with Gasteiger partial charge in [-0.1, -0.05) is 231 Å². The third-order valence-corrected chi connectivity index (χ3v) is 12.2. The van der Waals surface area contributed by atoms with Crippen molar-refractivity contribution < 1.29 is 39.6 Å². The van der Waals surface area contributed by atoms with Crippen LogP contribution in [0.1, 0.15) is 276 Å². The Balaban J connectivity index is 3.62. The first-order valence-electron chi connectivity index (χ1n) is 24.6. The van der Waals surface area contributed by atoms with Gasteiger partial charge in [-0.05, 0) is 32.1 Å². The standard InChI is InChI=1S/C49H92O8/c50-46(51)41-37-33-29-25-21-17-13-9-5-1-3-7-11-15-19-23-27-31-35-39-44(48(54)55)43-45(49(56)57)40-36-32-28-24-20-16-12-8-4-2-6-10-14-18-22-26-30-34-38-42-47(52)53/h44-45H,1-43H2,(H,50,51)(H,52,53)(H,54,55)(H,56,57). The summed E-state index contributed by atoms with van der Waals surface area (Å²) in [6, 6.07) is 0. The maximum atomic E-state index is 12.0. The Morgan fingerprint density at radius 3 is 0.561 bits per heavy atom. The van der Waals surface area contributed by atoms with Crippen LogP contribution in [0.25, 0.3) is 0 Å². The largest absolute Gasteiger partial charge is 0.481 e. The molecule has 0 aliphatic rings. The van der Waals surface area contributed by atoms with E-state index < -0.39 is 35.7 Å². The molecule has 0 bridgehead atoms. The molecule has 0 amide bonds. The third kappa shape index (κ3) is 43.3. The van der Waals surface area contributed by atoms with Crippen molar-refractivity contribution in [3.63, 3.8) is 0 Å². The Bertz CT molecular complexity index is 849. The van der Waals surface area contributed by atoms with Crippen LogP contribution in [0.2, 0.25) is 0 Å². The Morgan fingerprint density at radius 1 is 0.246 bits per heavy atom. The number of aliphatic carboxylic acids is 4. The van der Waals surface area contributed by atoms with Crippen molar-refractivity contribution in [2.75, 3.05) is 0 Å². The van der Waals surface area contributed by atoms with E-state index in [1.54, 1.807) is 0 Å². The van der Waals surface area contributed by atoms with Crippen molar-refractivity contribution >= 4 is 23.9 Å². The second kappa shape index (κ2) is 43.5. The van der Waals surface area contributed by atoms with Crippen molar-refractivity contribution in [3.05, 3.63) is 0 Å². The van der Waals surface area contributed by atoms with Gasteiger partial charge in [-0.15, -0.1) is 0 Å². The van der Waals surface area contributed by atoms with Crippen LogP contribution < -0.4 is 0 Å². The summed E-state index contributed by atoms with van der Waals surface area (Å²) in [5.74, 6) is -4.13. The van der Waals surface area contributed by atoms with E-state index in [9.17, 15) is 29.4 Å². The maximum absolute atomic E-state index is 12.0. The molecule has 0 saturated heterocycles. The molecule has 0 spiro atoms. The minimum atomic E-state index is -0.835. The molecular formula is C49H92O8. The number of hydrogen-bond acceptors (Lipinski definition) is 4. The third-order valence-electron chi connectivity index (χ3n) is 12.2. The van der Waals surface area contributed by atoms with Crippen molar-refractivity contribution in [2.24, 2.45) is 11.8 Å². The second-order valence-corrected chi connectivity index (χ2v) is 17.6. The molecule has 8 nitrogen and oxygen atoms in total. The number of carboxylic acids is 4. The van der Waals surface area contributed by atoms with Gasteiger partial charge in [0, 0.05) is 12.8 Å². The van der Waals surface area contributed by atoms with Gasteiger partial charge < -0.3 is 20.4 Å². The van der Waals surface area contributed by atoms with Gasteiger partial charge in [0.15, 0.2) is 0 Å². The van der Waals surface area contributed by atoms with Gasteiger partial charge in [0.1, 0.15) is 0 Å². The summed E-state index contributed by atoms with van der Waals surface area (Å²) >= 11 is 0. The molecule has 0 aromatic rings. The van der Waals surface area contributed by atoms with Crippen LogP contribution in [-0.2, 0) is 19.2 Å². The van der Waals surface area contributed by atoms with E-state index in [1.165, 1.54) is 180 Å². The Kier molecular flexibility index (Phi) is 41.8. The van der Waals surface area contributed by atoms with Gasteiger partial charge in [0.05, 0.1) is 11.8 Å². The van der Waals surface area contributed by atoms with Crippen molar-refractivity contribution in [3.8, 4) is 0 Å². The fourth-order valence-electron chi connectivity index (χ4n) is 8.37. The lowest BCUT2D eigenvalue weighted by atomic mass is 9.87. The molecule has 0 aliphatic heterocycles. The zero-order valence-electron chi connectivity index (χ0n) is 37.0. The van der Waals surface area contributed by atoms with Crippen LogP contribution in [0, 0.1) is 11.8 Å². The van der Waals surface area contributed by atoms with Gasteiger partial charge in [0.25, 0.3) is 0 Å². The summed E-state index contributed by atoms with van der Waals surface area (Å²) in [6.07, 6.45) is 48.0. The summed E-state index contributed by atoms with van der Waals surface area (Å²) in [4.78, 5) is 45.0. The molecule has 8 heteroatoms. The first-order valence-corrected chi connectivity index (χ1v) is 24.6. The van der Waals surface area contributed by atoms with Crippen LogP contribution in [0.4, 0.5) is 0 Å². The molecule has 57 heavy (non-hydrogen) atoms. The summed E-state index contributed by atoms with van der Waals surface area (Å²) in [7, 11) is 0. The fraction of sp³-hybridized carbons (Fsp3) is 0.918. The fourth-order valence-corrected chi connectivity index (χ4v) is 8.37. The van der Waals surface area contributed by atoms with Crippen molar-refractivity contribution in [1.29, 1.82) is 0 Å². The molecule has 0 aliphatic carbocycles. The van der Waals surface area contributed by atoms with Crippen LogP contribution in [0.5, 0.6) is 0 Å². The van der Waals surface area contributed by atoms with E-state index in [0.29, 0.717) is 25.7 Å². The number of hydrogen-bond donors (Lipinski definition) is 4. The predicted molar refractivity (Wildman–Crippen MR) is 236 cm³/mol. The number of carboxylic acid groups (broad SMARTS) is 4. The van der Waals surface area contributed by atoms with Gasteiger partial charge >= 0.3 is 23.9 Å². The molecule has 0 saturated carbocycles. The molecule has 2 atom stereocenters. The van der Waals surface area contributed by atoms with Crippen LogP contribution >= 0.6 is 0 Å². The van der Waals surface area contributed by atoms with E-state index in [1.807, 2.05) is 0 Å². The predicted octanol–water partition coefficient (Wildman–Crippen LogP) is 15.3. The zero-order valence-corrected chi connectivity index (χ0v) is 37.0. The highest BCUT2D eigenvalue weighted by Crippen LogP contribution is 2.25. The summed E-state index contributed by atoms with van der Waals surface area (Å²) in [5, 5.41) is 37.0. The van der Waals surface area contributed by atoms with Gasteiger partial charge in [-0.25, -0.2) is 0 Å². The normalized spacial score (nSPS) is 12.5. The molecular weight excluding hydrogens is 717 g/mol. The van der Waals surface area contributed by atoms with Crippen molar-refractivity contribution in [1.82, 2.24) is 0 Å². The van der Waals surface area contributed by atoms with Gasteiger partial charge in [0.2, 0.25) is 0 Å². The van der Waals surface area contributed by atoms with E-state index in [2.05, 4.69) is 0 Å². The number of unbranched alkanes of at least 4 members (excludes halogenated alkanes) is 36. The molecule has 0 aromatic heterocycles. The van der Waals surface area contributed by atoms with E-state index in [-0.39, 0.29) is 6.42 Å². The quantitative estimate of drug-likeness (QED) is 0.0444. The molecule has 2 unspecified atom stereocenters. The van der Waals surface area contributed by atoms with Gasteiger partial charge in [-0.3, -0.25) is 19.2 Å². The van der Waals surface area contributed by atoms with Crippen molar-refractivity contribution in [2.45, 2.75) is 276 Å². The van der Waals surface area contributed by atoms with E-state index in [0.717, 1.165) is 64.2 Å². The van der Waals surface area contributed by atoms with E-state index in [4.69, 9.17) is 10.2 Å². The number of carbonyl (C=O) groups is 4. The summed E-state index contributed by atoms with van der Waals surface area (Å²) in [6.45, 7) is 0. The Hall–Kier alpha value is -2.12. The molecule has 336 valence electrons. The van der Waals surface area contributed by atoms with Crippen LogP contribution in [-0.4, -0.2) is 44.3 Å². The molecule has 0 fully saturated rings. The average Bonchev–Trinajstić information content (AvgIpc) is 3.17. The van der Waals surface area contributed by atoms with Crippen LogP contribution in [0.3, 0.4) is 0 Å². The monoisotopic (exact) mass is 809 g/mol. The van der Waals surface area contributed by atoms with Crippen LogP contribution in [0.15, 0.2) is 0 Å². The number of rotatable bonds is 48. The Labute approximate surface area is 350 Å². The van der Waals surface area contributed by atoms with Gasteiger partial charge in [-0.2, -0.15) is 0 Å². The molecule has 0 radical (unpaired) electrons. The highest BCUT2D eigenvalue weighted by Gasteiger charge is 2.26. The highest BCUT2D eigenvalue weighted by atomic mass is 16.4. The molecule has 0 aromatic carbocycles. The lowest BCUT2D eigenvalue weighted by molar-refractivity contribution is -0.146. The molecule has 4 N–H and O–H groups in total. The smallest absolute Gasteiger partial charge is 0.306 e. The zero-order chi connectivity index (χ0) is 41.9. The summed E-state index contributed by atoms with van der Waals surface area (Å²) < 4.78 is 0. The van der Waals surface area contributed by atoms with E-state index >= 15 is 0 Å². The minimum absolute atomic E-state index is 0.264. The topological polar surface area (TPSA) is 149 Å². The first-order chi connectivity index (χ1) is 27.7. The average molecular weight is 809 g/mol. The lowest BCUT2D eigenvalue weighted by Crippen LogP contribution is -2.23. The molecule has 0 heterocycles. The first kappa shape index (κ1) is 54.9. The molecule has 0 rings (SSSR count).